The summed E-state index contributed by atoms with van der Waals surface area (Å²) in [6.45, 7) is 2.28. The van der Waals surface area contributed by atoms with Gasteiger partial charge in [0, 0.05) is 32.7 Å². The molecule has 0 aliphatic heterocycles. The number of nitro benzene ring substituents is 1. The van der Waals surface area contributed by atoms with Crippen LogP contribution in [0.25, 0.3) is 0 Å². The fraction of sp³-hybridized carbons (Fsp3) is 0.500. The molecule has 0 saturated carbocycles. The molecule has 0 bridgehead atoms. The molecule has 8 nitrogen and oxygen atoms in total. The molecule has 0 heterocycles. The van der Waals surface area contributed by atoms with E-state index in [1.807, 2.05) is 6.92 Å². The van der Waals surface area contributed by atoms with E-state index in [-0.39, 0.29) is 22.3 Å². The zero-order valence-corrected chi connectivity index (χ0v) is 13.1. The summed E-state index contributed by atoms with van der Waals surface area (Å²) in [6.07, 6.45) is 0.730. The van der Waals surface area contributed by atoms with Crippen LogP contribution in [0, 0.1) is 10.1 Å². The van der Waals surface area contributed by atoms with Crippen LogP contribution in [0.1, 0.15) is 13.3 Å². The van der Waals surface area contributed by atoms with Gasteiger partial charge in [-0.15, -0.1) is 0 Å². The molecule has 21 heavy (non-hydrogen) atoms. The number of hydrogen-bond donors (Lipinski definition) is 2. The minimum absolute atomic E-state index is 0.121. The number of hydrogen-bond acceptors (Lipinski definition) is 6. The lowest BCUT2D eigenvalue weighted by Crippen LogP contribution is -2.28. The van der Waals surface area contributed by atoms with Crippen molar-refractivity contribution in [3.63, 3.8) is 0 Å². The predicted molar refractivity (Wildman–Crippen MR) is 80.7 cm³/mol. The Balaban J connectivity index is 3.17. The van der Waals surface area contributed by atoms with E-state index in [0.29, 0.717) is 6.54 Å². The predicted octanol–water partition coefficient (Wildman–Crippen LogP) is 0.994. The minimum Gasteiger partial charge on any atom is -0.378 e. The normalized spacial score (nSPS) is 13.2. The van der Waals surface area contributed by atoms with Crippen LogP contribution in [0.2, 0.25) is 0 Å². The van der Waals surface area contributed by atoms with Crippen LogP contribution >= 0.6 is 0 Å². The van der Waals surface area contributed by atoms with Crippen molar-refractivity contribution in [2.45, 2.75) is 24.3 Å². The fourth-order valence-electron chi connectivity index (χ4n) is 1.57. The molecule has 3 N–H and O–H groups in total. The third kappa shape index (κ3) is 4.13. The highest BCUT2D eigenvalue weighted by Crippen LogP contribution is 2.28. The van der Waals surface area contributed by atoms with Gasteiger partial charge >= 0.3 is 0 Å². The number of benzene rings is 1. The monoisotopic (exact) mass is 316 g/mol. The number of anilines is 1. The smallest absolute Gasteiger partial charge is 0.293 e. The molecule has 0 aliphatic carbocycles. The summed E-state index contributed by atoms with van der Waals surface area (Å²) in [5.41, 5.74) is 5.71. The zero-order valence-electron chi connectivity index (χ0n) is 12.2. The summed E-state index contributed by atoms with van der Waals surface area (Å²) in [6, 6.07) is 3.64. The molecule has 0 amide bonds. The first-order chi connectivity index (χ1) is 9.70. The number of nitrogens with zero attached hydrogens (tertiary/aromatic N) is 2. The molecule has 0 fully saturated rings. The fourth-order valence-corrected chi connectivity index (χ4v) is 2.49. The summed E-state index contributed by atoms with van der Waals surface area (Å²) in [4.78, 5) is 10.4. The average molecular weight is 316 g/mol. The third-order valence-electron chi connectivity index (χ3n) is 3.02. The minimum atomic E-state index is -3.71. The molecular formula is C12H20N4O4S. The van der Waals surface area contributed by atoms with Crippen molar-refractivity contribution >= 4 is 21.4 Å². The van der Waals surface area contributed by atoms with Crippen LogP contribution < -0.4 is 11.1 Å². The quantitative estimate of drug-likeness (QED) is 0.572. The van der Waals surface area contributed by atoms with E-state index in [1.165, 1.54) is 26.2 Å². The molecule has 0 spiro atoms. The summed E-state index contributed by atoms with van der Waals surface area (Å²) in [5.74, 6) is 0. The molecular weight excluding hydrogens is 296 g/mol. The lowest BCUT2D eigenvalue weighted by Gasteiger charge is -2.14. The number of rotatable bonds is 7. The molecule has 0 aromatic heterocycles. The van der Waals surface area contributed by atoms with E-state index in [1.54, 1.807) is 0 Å². The highest BCUT2D eigenvalue weighted by atomic mass is 32.2. The Morgan fingerprint density at radius 1 is 1.43 bits per heavy atom. The Hall–Kier alpha value is -1.71. The third-order valence-corrected chi connectivity index (χ3v) is 4.83. The molecule has 1 atom stereocenters. The highest BCUT2D eigenvalue weighted by molar-refractivity contribution is 7.89. The number of sulfonamides is 1. The van der Waals surface area contributed by atoms with Crippen molar-refractivity contribution in [3.8, 4) is 0 Å². The van der Waals surface area contributed by atoms with Gasteiger partial charge in [0.25, 0.3) is 5.69 Å². The second-order valence-electron chi connectivity index (χ2n) is 4.77. The molecule has 0 radical (unpaired) electrons. The van der Waals surface area contributed by atoms with Gasteiger partial charge in [0.1, 0.15) is 5.69 Å². The Morgan fingerprint density at radius 3 is 2.52 bits per heavy atom. The van der Waals surface area contributed by atoms with E-state index < -0.39 is 14.9 Å². The topological polar surface area (TPSA) is 119 Å². The first kappa shape index (κ1) is 17.3. The maximum absolute atomic E-state index is 12.0. The van der Waals surface area contributed by atoms with Gasteiger partial charge in [-0.2, -0.15) is 0 Å². The van der Waals surface area contributed by atoms with Crippen molar-refractivity contribution in [1.29, 1.82) is 0 Å². The van der Waals surface area contributed by atoms with Crippen LogP contribution in [-0.2, 0) is 10.0 Å². The Morgan fingerprint density at radius 2 is 2.05 bits per heavy atom. The highest BCUT2D eigenvalue weighted by Gasteiger charge is 2.23. The van der Waals surface area contributed by atoms with Crippen molar-refractivity contribution in [1.82, 2.24) is 4.31 Å². The Labute approximate surface area is 124 Å². The van der Waals surface area contributed by atoms with Gasteiger partial charge in [-0.05, 0) is 18.6 Å². The molecule has 0 saturated heterocycles. The van der Waals surface area contributed by atoms with Gasteiger partial charge in [-0.25, -0.2) is 12.7 Å². The molecule has 1 rings (SSSR count). The van der Waals surface area contributed by atoms with E-state index >= 15 is 0 Å². The van der Waals surface area contributed by atoms with Gasteiger partial charge in [0.2, 0.25) is 10.0 Å². The lowest BCUT2D eigenvalue weighted by atomic mass is 10.2. The van der Waals surface area contributed by atoms with Crippen molar-refractivity contribution in [2.75, 3.05) is 26.0 Å². The van der Waals surface area contributed by atoms with E-state index in [2.05, 4.69) is 5.32 Å². The summed E-state index contributed by atoms with van der Waals surface area (Å²) in [7, 11) is -0.972. The maximum atomic E-state index is 12.0. The van der Waals surface area contributed by atoms with Gasteiger partial charge in [0.15, 0.2) is 0 Å². The maximum Gasteiger partial charge on any atom is 0.293 e. The molecule has 1 aromatic rings. The second kappa shape index (κ2) is 6.83. The van der Waals surface area contributed by atoms with E-state index in [4.69, 9.17) is 5.73 Å². The summed E-state index contributed by atoms with van der Waals surface area (Å²) in [5, 5.41) is 14.0. The number of nitrogens with one attached hydrogen (secondary N) is 1. The summed E-state index contributed by atoms with van der Waals surface area (Å²) >= 11 is 0. The van der Waals surface area contributed by atoms with Crippen molar-refractivity contribution in [3.05, 3.63) is 28.3 Å². The van der Waals surface area contributed by atoms with E-state index in [9.17, 15) is 18.5 Å². The van der Waals surface area contributed by atoms with E-state index in [0.717, 1.165) is 16.8 Å². The largest absolute Gasteiger partial charge is 0.378 e. The van der Waals surface area contributed by atoms with Crippen molar-refractivity contribution in [2.24, 2.45) is 5.73 Å². The second-order valence-corrected chi connectivity index (χ2v) is 6.92. The molecule has 0 aliphatic rings. The van der Waals surface area contributed by atoms with Gasteiger partial charge < -0.3 is 11.1 Å². The van der Waals surface area contributed by atoms with Crippen LogP contribution in [0.4, 0.5) is 11.4 Å². The van der Waals surface area contributed by atoms with Gasteiger partial charge in [-0.1, -0.05) is 6.92 Å². The molecule has 1 aromatic carbocycles. The van der Waals surface area contributed by atoms with Crippen LogP contribution in [0.15, 0.2) is 23.1 Å². The lowest BCUT2D eigenvalue weighted by molar-refractivity contribution is -0.384. The standard InChI is InChI=1S/C12H20N4O4S/c1-4-9(13)8-14-11-6-5-10(7-12(11)16(17)18)21(19,20)15(2)3/h5-7,9,14H,4,8,13H2,1-3H3. The first-order valence-corrected chi connectivity index (χ1v) is 7.84. The molecule has 1 unspecified atom stereocenters. The molecule has 118 valence electrons. The number of nitro groups is 1. The van der Waals surface area contributed by atoms with Crippen LogP contribution in [0.5, 0.6) is 0 Å². The first-order valence-electron chi connectivity index (χ1n) is 6.40. The SMILES string of the molecule is CCC(N)CNc1ccc(S(=O)(=O)N(C)C)cc1[N+](=O)[O-]. The van der Waals surface area contributed by atoms with Crippen LogP contribution in [0.3, 0.4) is 0 Å². The Bertz CT molecular complexity index is 616. The zero-order chi connectivity index (χ0) is 16.2. The summed E-state index contributed by atoms with van der Waals surface area (Å²) < 4.78 is 25.0. The molecule has 9 heteroatoms. The van der Waals surface area contributed by atoms with Crippen LogP contribution in [-0.4, -0.2) is 44.3 Å². The Kier molecular flexibility index (Phi) is 5.64. The van der Waals surface area contributed by atoms with Crippen molar-refractivity contribution < 1.29 is 13.3 Å². The van der Waals surface area contributed by atoms with Gasteiger partial charge in [0.05, 0.1) is 9.82 Å². The number of nitrogens with two attached hydrogens (primary N) is 1. The van der Waals surface area contributed by atoms with Gasteiger partial charge in [-0.3, -0.25) is 10.1 Å². The average Bonchev–Trinajstić information content (AvgIpc) is 2.43.